The molecule has 0 aliphatic carbocycles. The van der Waals surface area contributed by atoms with E-state index in [9.17, 15) is 0 Å². The van der Waals surface area contributed by atoms with Crippen molar-refractivity contribution in [1.29, 1.82) is 0 Å². The minimum absolute atomic E-state index is 0.909. The third kappa shape index (κ3) is 4.65. The summed E-state index contributed by atoms with van der Waals surface area (Å²) in [5.74, 6) is 0. The van der Waals surface area contributed by atoms with Crippen LogP contribution in [0.1, 0.15) is 0 Å². The van der Waals surface area contributed by atoms with Crippen LogP contribution in [0.2, 0.25) is 0 Å². The number of anilines is 3. The van der Waals surface area contributed by atoms with Crippen LogP contribution in [-0.4, -0.2) is 0 Å². The number of benzene rings is 9. The molecule has 10 rings (SSSR count). The number of furan rings is 1. The molecule has 0 unspecified atom stereocenters. The van der Waals surface area contributed by atoms with E-state index in [4.69, 9.17) is 4.42 Å². The lowest BCUT2D eigenvalue weighted by molar-refractivity contribution is 0.669. The zero-order chi connectivity index (χ0) is 33.0. The van der Waals surface area contributed by atoms with Crippen LogP contribution in [0.4, 0.5) is 17.1 Å². The van der Waals surface area contributed by atoms with Gasteiger partial charge in [-0.1, -0.05) is 140 Å². The highest BCUT2D eigenvalue weighted by Gasteiger charge is 2.19. The average Bonchev–Trinajstić information content (AvgIpc) is 3.56. The molecule has 50 heavy (non-hydrogen) atoms. The molecule has 0 atom stereocenters. The lowest BCUT2D eigenvalue weighted by Gasteiger charge is -2.28. The van der Waals surface area contributed by atoms with Crippen molar-refractivity contribution < 1.29 is 4.42 Å². The maximum absolute atomic E-state index is 6.12. The first-order chi connectivity index (χ1) is 24.8. The highest BCUT2D eigenvalue weighted by Crippen LogP contribution is 2.44. The minimum Gasteiger partial charge on any atom is -0.456 e. The number of hydrogen-bond donors (Lipinski definition) is 0. The van der Waals surface area contributed by atoms with Gasteiger partial charge in [0.25, 0.3) is 0 Å². The van der Waals surface area contributed by atoms with Crippen LogP contribution >= 0.6 is 0 Å². The van der Waals surface area contributed by atoms with Crippen LogP contribution < -0.4 is 4.90 Å². The Labute approximate surface area is 290 Å². The molecule has 0 radical (unpaired) electrons. The number of para-hydroxylation sites is 1. The van der Waals surface area contributed by atoms with E-state index < -0.39 is 0 Å². The van der Waals surface area contributed by atoms with Crippen molar-refractivity contribution >= 4 is 71.3 Å². The molecule has 2 heteroatoms. The highest BCUT2D eigenvalue weighted by atomic mass is 16.3. The summed E-state index contributed by atoms with van der Waals surface area (Å²) in [5, 5.41) is 9.70. The Morgan fingerprint density at radius 2 is 0.960 bits per heavy atom. The second kappa shape index (κ2) is 11.5. The zero-order valence-electron chi connectivity index (χ0n) is 27.3. The van der Waals surface area contributed by atoms with Crippen LogP contribution in [0.25, 0.3) is 76.5 Å². The van der Waals surface area contributed by atoms with Crippen LogP contribution in [0.3, 0.4) is 0 Å². The molecule has 1 aromatic heterocycles. The molecule has 0 amide bonds. The van der Waals surface area contributed by atoms with Gasteiger partial charge in [0, 0.05) is 27.5 Å². The van der Waals surface area contributed by atoms with E-state index in [0.29, 0.717) is 0 Å². The number of rotatable bonds is 5. The first kappa shape index (κ1) is 28.4. The van der Waals surface area contributed by atoms with E-state index in [0.717, 1.165) is 50.1 Å². The van der Waals surface area contributed by atoms with Crippen molar-refractivity contribution in [2.75, 3.05) is 4.90 Å². The predicted molar refractivity (Wildman–Crippen MR) is 212 cm³/mol. The van der Waals surface area contributed by atoms with E-state index >= 15 is 0 Å². The van der Waals surface area contributed by atoms with Crippen LogP contribution in [0.15, 0.2) is 192 Å². The third-order valence-corrected chi connectivity index (χ3v) is 10.0. The summed E-state index contributed by atoms with van der Waals surface area (Å²) in [7, 11) is 0. The molecule has 0 aliphatic rings. The molecule has 0 fully saturated rings. The molecule has 0 saturated heterocycles. The number of nitrogens with zero attached hydrogens (tertiary/aromatic N) is 1. The van der Waals surface area contributed by atoms with Gasteiger partial charge in [-0.15, -0.1) is 0 Å². The third-order valence-electron chi connectivity index (χ3n) is 10.0. The van der Waals surface area contributed by atoms with Crippen LogP contribution in [-0.2, 0) is 0 Å². The Kier molecular flexibility index (Phi) is 6.53. The monoisotopic (exact) mass is 637 g/mol. The summed E-state index contributed by atoms with van der Waals surface area (Å²) >= 11 is 0. The molecule has 2 nitrogen and oxygen atoms in total. The lowest BCUT2D eigenvalue weighted by Crippen LogP contribution is -2.10. The van der Waals surface area contributed by atoms with Crippen LogP contribution in [0, 0.1) is 0 Å². The lowest BCUT2D eigenvalue weighted by atomic mass is 9.96. The summed E-state index contributed by atoms with van der Waals surface area (Å²) in [5.41, 5.74) is 9.91. The molecule has 0 spiro atoms. The first-order valence-corrected chi connectivity index (χ1v) is 17.1. The molecule has 1 heterocycles. The fourth-order valence-corrected chi connectivity index (χ4v) is 7.65. The topological polar surface area (TPSA) is 16.4 Å². The Hall–Kier alpha value is -6.64. The normalized spacial score (nSPS) is 11.6. The standard InChI is InChI=1S/C48H31NO/c1-3-16-39-33(11-1)13-10-21-40(39)35-14-9-15-38(29-35)49(46-31-36-12-2-4-17-41(36)42-18-5-6-19-43(42)46)37-26-23-32(24-27-37)34-25-28-48-45(30-34)44-20-7-8-22-47(44)50-48/h1-31H. The van der Waals surface area contributed by atoms with Gasteiger partial charge in [0.15, 0.2) is 0 Å². The average molecular weight is 638 g/mol. The van der Waals surface area contributed by atoms with Gasteiger partial charge in [0.1, 0.15) is 11.2 Å². The SMILES string of the molecule is c1cc(-c2cccc3ccccc23)cc(N(c2ccc(-c3ccc4oc5ccccc5c4c3)cc2)c2cc3ccccc3c3ccccc23)c1. The van der Waals surface area contributed by atoms with E-state index in [1.54, 1.807) is 0 Å². The second-order valence-electron chi connectivity index (χ2n) is 12.9. The molecule has 0 bridgehead atoms. The highest BCUT2D eigenvalue weighted by molar-refractivity contribution is 6.15. The van der Waals surface area contributed by atoms with Crippen molar-refractivity contribution in [3.8, 4) is 22.3 Å². The van der Waals surface area contributed by atoms with E-state index in [-0.39, 0.29) is 0 Å². The summed E-state index contributed by atoms with van der Waals surface area (Å²) < 4.78 is 6.12. The molecular weight excluding hydrogens is 607 g/mol. The van der Waals surface area contributed by atoms with Gasteiger partial charge in [-0.3, -0.25) is 0 Å². The summed E-state index contributed by atoms with van der Waals surface area (Å²) in [6.07, 6.45) is 0. The smallest absolute Gasteiger partial charge is 0.135 e. The molecule has 234 valence electrons. The van der Waals surface area contributed by atoms with Gasteiger partial charge in [-0.2, -0.15) is 0 Å². The van der Waals surface area contributed by atoms with Crippen molar-refractivity contribution in [2.24, 2.45) is 0 Å². The first-order valence-electron chi connectivity index (χ1n) is 17.1. The second-order valence-corrected chi connectivity index (χ2v) is 12.9. The molecule has 0 N–H and O–H groups in total. The Balaban J connectivity index is 1.16. The molecule has 9 aromatic carbocycles. The maximum atomic E-state index is 6.12. The summed E-state index contributed by atoms with van der Waals surface area (Å²) in [4.78, 5) is 2.42. The van der Waals surface area contributed by atoms with Gasteiger partial charge in [-0.25, -0.2) is 0 Å². The van der Waals surface area contributed by atoms with E-state index in [1.807, 2.05) is 12.1 Å². The van der Waals surface area contributed by atoms with E-state index in [2.05, 4.69) is 181 Å². The van der Waals surface area contributed by atoms with Crippen molar-refractivity contribution in [3.63, 3.8) is 0 Å². The molecule has 0 saturated carbocycles. The van der Waals surface area contributed by atoms with Gasteiger partial charge >= 0.3 is 0 Å². The van der Waals surface area contributed by atoms with Crippen molar-refractivity contribution in [1.82, 2.24) is 0 Å². The molecule has 10 aromatic rings. The van der Waals surface area contributed by atoms with Gasteiger partial charge in [0.05, 0.1) is 5.69 Å². The fraction of sp³-hybridized carbons (Fsp3) is 0. The van der Waals surface area contributed by atoms with E-state index in [1.165, 1.54) is 43.4 Å². The summed E-state index contributed by atoms with van der Waals surface area (Å²) in [6.45, 7) is 0. The summed E-state index contributed by atoms with van der Waals surface area (Å²) in [6, 6.07) is 67.7. The van der Waals surface area contributed by atoms with Crippen LogP contribution in [0.5, 0.6) is 0 Å². The molecular formula is C48H31NO. The maximum Gasteiger partial charge on any atom is 0.135 e. The number of fused-ring (bicyclic) bond motifs is 7. The minimum atomic E-state index is 0.909. The van der Waals surface area contributed by atoms with Gasteiger partial charge in [0.2, 0.25) is 0 Å². The zero-order valence-corrected chi connectivity index (χ0v) is 27.3. The van der Waals surface area contributed by atoms with Crippen molar-refractivity contribution in [2.45, 2.75) is 0 Å². The Morgan fingerprint density at radius 3 is 1.82 bits per heavy atom. The predicted octanol–water partition coefficient (Wildman–Crippen LogP) is 13.8. The van der Waals surface area contributed by atoms with Gasteiger partial charge in [-0.05, 0) is 97.7 Å². The largest absolute Gasteiger partial charge is 0.456 e. The van der Waals surface area contributed by atoms with Gasteiger partial charge < -0.3 is 9.32 Å². The van der Waals surface area contributed by atoms with Crippen molar-refractivity contribution in [3.05, 3.63) is 188 Å². The molecule has 0 aliphatic heterocycles. The number of hydrogen-bond acceptors (Lipinski definition) is 2. The quantitative estimate of drug-likeness (QED) is 0.175. The Bertz CT molecular complexity index is 2870. The Morgan fingerprint density at radius 1 is 0.320 bits per heavy atom. The fourth-order valence-electron chi connectivity index (χ4n) is 7.65.